The van der Waals surface area contributed by atoms with Gasteiger partial charge in [0.1, 0.15) is 11.2 Å². The van der Waals surface area contributed by atoms with E-state index in [-0.39, 0.29) is 0 Å². The molecule has 2 aromatic heterocycles. The highest BCUT2D eigenvalue weighted by molar-refractivity contribution is 6.11. The second-order valence-corrected chi connectivity index (χ2v) is 13.2. The molecule has 0 atom stereocenters. The van der Waals surface area contributed by atoms with E-state index in [2.05, 4.69) is 154 Å². The van der Waals surface area contributed by atoms with Gasteiger partial charge in [0.15, 0.2) is 5.75 Å². The number of aromatic nitrogens is 1. The predicted molar refractivity (Wildman–Crippen MR) is 220 cm³/mol. The fraction of sp³-hybridized carbons (Fsp3) is 0.0208. The Morgan fingerprint density at radius 1 is 0.528 bits per heavy atom. The number of hydrogen-bond donors (Lipinski definition) is 0. The van der Waals surface area contributed by atoms with Gasteiger partial charge >= 0.3 is 0 Å². The first-order chi connectivity index (χ1) is 26.2. The lowest BCUT2D eigenvalue weighted by molar-refractivity contribution is 0.553. The Hall–Kier alpha value is -7.11. The molecule has 0 fully saturated rings. The summed E-state index contributed by atoms with van der Waals surface area (Å²) in [7, 11) is 1.77. The molecule has 0 spiro atoms. The van der Waals surface area contributed by atoms with Crippen LogP contribution in [0.4, 0.5) is 17.1 Å². The molecule has 0 radical (unpaired) electrons. The van der Waals surface area contributed by atoms with Crippen molar-refractivity contribution in [3.05, 3.63) is 188 Å². The van der Waals surface area contributed by atoms with Gasteiger partial charge in [-0.05, 0) is 89.6 Å². The molecule has 252 valence electrons. The molecule has 0 aliphatic rings. The van der Waals surface area contributed by atoms with Crippen LogP contribution >= 0.6 is 0 Å². The van der Waals surface area contributed by atoms with Crippen LogP contribution in [0.1, 0.15) is 5.56 Å². The molecule has 0 saturated carbocycles. The van der Waals surface area contributed by atoms with E-state index in [0.29, 0.717) is 11.6 Å². The molecule has 0 amide bonds. The van der Waals surface area contributed by atoms with Crippen LogP contribution in [-0.4, -0.2) is 17.5 Å². The first kappa shape index (κ1) is 30.7. The topological polar surface area (TPSA) is 42.9 Å². The number of ether oxygens (including phenoxy) is 1. The Morgan fingerprint density at radius 3 is 1.96 bits per heavy atom. The number of furan rings is 1. The molecule has 0 saturated heterocycles. The maximum Gasteiger partial charge on any atom is 0.221 e. The van der Waals surface area contributed by atoms with Gasteiger partial charge in [-0.15, -0.1) is 0 Å². The molecule has 0 aliphatic heterocycles. The molecule has 10 aromatic rings. The molecule has 0 N–H and O–H groups in total. The van der Waals surface area contributed by atoms with Crippen molar-refractivity contribution in [1.29, 1.82) is 0 Å². The first-order valence-corrected chi connectivity index (χ1v) is 17.8. The summed E-state index contributed by atoms with van der Waals surface area (Å²) in [5, 5.41) is 6.67. The van der Waals surface area contributed by atoms with E-state index < -0.39 is 0 Å². The molecule has 0 bridgehead atoms. The van der Waals surface area contributed by atoms with Gasteiger partial charge in [0, 0.05) is 51.6 Å². The number of hydrogen-bond acceptors (Lipinski definition) is 4. The Kier molecular flexibility index (Phi) is 7.29. The summed E-state index contributed by atoms with van der Waals surface area (Å²) < 4.78 is 15.6. The monoisotopic (exact) mass is 683 g/mol. The quantitative estimate of drug-likeness (QED) is 0.129. The van der Waals surface area contributed by atoms with Crippen LogP contribution in [0.2, 0.25) is 0 Å². The second-order valence-electron chi connectivity index (χ2n) is 13.2. The molecule has 0 aliphatic carbocycles. The minimum absolute atomic E-state index is 0.538. The lowest BCUT2D eigenvalue weighted by atomic mass is 10.1. The van der Waals surface area contributed by atoms with Crippen LogP contribution in [0.3, 0.4) is 0 Å². The first-order valence-electron chi connectivity index (χ1n) is 17.8. The highest BCUT2D eigenvalue weighted by Crippen LogP contribution is 2.46. The van der Waals surface area contributed by atoms with Gasteiger partial charge in [0.2, 0.25) is 5.90 Å². The van der Waals surface area contributed by atoms with Crippen LogP contribution in [0.15, 0.2) is 191 Å². The van der Waals surface area contributed by atoms with Crippen molar-refractivity contribution >= 4 is 77.5 Å². The van der Waals surface area contributed by atoms with Crippen LogP contribution in [-0.2, 0) is 0 Å². The average Bonchev–Trinajstić information content (AvgIpc) is 3.76. The van der Waals surface area contributed by atoms with Gasteiger partial charge in [-0.3, -0.25) is 4.99 Å². The number of fused-ring (bicyclic) bond motifs is 7. The second kappa shape index (κ2) is 12.6. The highest BCUT2D eigenvalue weighted by atomic mass is 16.5. The fourth-order valence-electron chi connectivity index (χ4n) is 7.62. The minimum Gasteiger partial charge on any atom is -0.456 e. The van der Waals surface area contributed by atoms with Crippen molar-refractivity contribution in [3.8, 4) is 11.4 Å². The smallest absolute Gasteiger partial charge is 0.221 e. The average molecular weight is 684 g/mol. The van der Waals surface area contributed by atoms with Crippen molar-refractivity contribution < 1.29 is 9.15 Å². The minimum atomic E-state index is 0.538. The van der Waals surface area contributed by atoms with Gasteiger partial charge in [0.05, 0.1) is 22.4 Å². The number of aliphatic imine (C=N–C) groups is 1. The third kappa shape index (κ3) is 5.21. The number of rotatable bonds is 6. The molecule has 5 heteroatoms. The summed E-state index contributed by atoms with van der Waals surface area (Å²) in [5.74, 6) is 1.22. The molecule has 0 unspecified atom stereocenters. The van der Waals surface area contributed by atoms with Gasteiger partial charge < -0.3 is 18.6 Å². The number of para-hydroxylation sites is 3. The third-order valence-electron chi connectivity index (χ3n) is 10.0. The number of anilines is 3. The SMILES string of the molecule is CN=C(Oc1cc2ccccc2cc1N(c1ccc2c(c1)oc1ccccc12)c1ccc2c(c1)c1ccccc1n2-c1ccccc1)c1ccccc1. The normalized spacial score (nSPS) is 12.0. The summed E-state index contributed by atoms with van der Waals surface area (Å²) in [6.07, 6.45) is 0. The summed E-state index contributed by atoms with van der Waals surface area (Å²) in [6, 6.07) is 63.3. The van der Waals surface area contributed by atoms with Crippen molar-refractivity contribution in [2.45, 2.75) is 0 Å². The maximum atomic E-state index is 6.85. The summed E-state index contributed by atoms with van der Waals surface area (Å²) in [6.45, 7) is 0. The van der Waals surface area contributed by atoms with Crippen LogP contribution in [0, 0.1) is 0 Å². The van der Waals surface area contributed by atoms with E-state index in [4.69, 9.17) is 9.15 Å². The van der Waals surface area contributed by atoms with Crippen molar-refractivity contribution in [2.24, 2.45) is 4.99 Å². The van der Waals surface area contributed by atoms with E-state index in [9.17, 15) is 0 Å². The number of nitrogens with zero attached hydrogens (tertiary/aromatic N) is 3. The van der Waals surface area contributed by atoms with E-state index in [1.807, 2.05) is 42.5 Å². The van der Waals surface area contributed by atoms with Gasteiger partial charge in [-0.1, -0.05) is 97.1 Å². The van der Waals surface area contributed by atoms with Gasteiger partial charge in [-0.25, -0.2) is 0 Å². The van der Waals surface area contributed by atoms with E-state index >= 15 is 0 Å². The van der Waals surface area contributed by atoms with Crippen molar-refractivity contribution in [3.63, 3.8) is 0 Å². The Labute approximate surface area is 306 Å². The lowest BCUT2D eigenvalue weighted by Gasteiger charge is -2.28. The predicted octanol–water partition coefficient (Wildman–Crippen LogP) is 12.8. The van der Waals surface area contributed by atoms with Crippen LogP contribution in [0.25, 0.3) is 60.2 Å². The van der Waals surface area contributed by atoms with Gasteiger partial charge in [-0.2, -0.15) is 0 Å². The Morgan fingerprint density at radius 2 is 1.15 bits per heavy atom. The standard InChI is InChI=1S/C48H33N3O2/c1-49-48(32-14-4-2-5-15-32)53-47-29-34-17-9-8-16-33(34)28-44(47)50(37-24-26-40-39-21-11-13-23-45(39)52-46(40)31-37)36-25-27-43-41(30-36)38-20-10-12-22-42(38)51(43)35-18-6-3-7-19-35/h2-31H,1H3. The Balaban J connectivity index is 1.24. The van der Waals surface area contributed by atoms with Crippen molar-refractivity contribution in [1.82, 2.24) is 4.57 Å². The maximum absolute atomic E-state index is 6.85. The molecular weight excluding hydrogens is 651 g/mol. The zero-order valence-corrected chi connectivity index (χ0v) is 29.0. The lowest BCUT2D eigenvalue weighted by Crippen LogP contribution is -2.15. The molecule has 8 aromatic carbocycles. The fourth-order valence-corrected chi connectivity index (χ4v) is 7.62. The van der Waals surface area contributed by atoms with Crippen molar-refractivity contribution in [2.75, 3.05) is 11.9 Å². The van der Waals surface area contributed by atoms with Crippen LogP contribution < -0.4 is 9.64 Å². The molecule has 2 heterocycles. The molecule has 53 heavy (non-hydrogen) atoms. The zero-order valence-electron chi connectivity index (χ0n) is 29.0. The summed E-state index contributed by atoms with van der Waals surface area (Å²) >= 11 is 0. The van der Waals surface area contributed by atoms with E-state index in [0.717, 1.165) is 77.4 Å². The van der Waals surface area contributed by atoms with Gasteiger partial charge in [0.25, 0.3) is 0 Å². The number of benzene rings is 8. The highest BCUT2D eigenvalue weighted by Gasteiger charge is 2.23. The molecule has 5 nitrogen and oxygen atoms in total. The Bertz CT molecular complexity index is 3000. The largest absolute Gasteiger partial charge is 0.456 e. The van der Waals surface area contributed by atoms with E-state index in [1.54, 1.807) is 7.05 Å². The third-order valence-corrected chi connectivity index (χ3v) is 10.0. The summed E-state index contributed by atoms with van der Waals surface area (Å²) in [5.41, 5.74) is 8.80. The summed E-state index contributed by atoms with van der Waals surface area (Å²) in [4.78, 5) is 6.89. The molecular formula is C48H33N3O2. The zero-order chi connectivity index (χ0) is 35.3. The van der Waals surface area contributed by atoms with Crippen LogP contribution in [0.5, 0.6) is 5.75 Å². The molecule has 10 rings (SSSR count). The van der Waals surface area contributed by atoms with E-state index in [1.165, 1.54) is 5.39 Å².